The number of ketones is 1. The Morgan fingerprint density at radius 2 is 1.88 bits per heavy atom. The molecule has 0 bridgehead atoms. The predicted octanol–water partition coefficient (Wildman–Crippen LogP) is 1.70. The van der Waals surface area contributed by atoms with Crippen molar-refractivity contribution in [2.75, 3.05) is 13.2 Å². The van der Waals surface area contributed by atoms with Gasteiger partial charge in [0.2, 0.25) is 5.91 Å². The lowest BCUT2D eigenvalue weighted by Gasteiger charge is -2.37. The van der Waals surface area contributed by atoms with Crippen molar-refractivity contribution in [3.8, 4) is 0 Å². The number of rotatable bonds is 7. The van der Waals surface area contributed by atoms with Crippen LogP contribution in [-0.2, 0) is 30.1 Å². The second-order valence-electron chi connectivity index (χ2n) is 9.11. The number of alkyl halides is 1. The maximum absolute atomic E-state index is 15.7. The summed E-state index contributed by atoms with van der Waals surface area (Å²) in [5.41, 5.74) is -0.0283. The summed E-state index contributed by atoms with van der Waals surface area (Å²) in [4.78, 5) is 51.8. The number of hydrogen-bond acceptors (Lipinski definition) is 6. The molecule has 2 heterocycles. The number of carbonyl (C=O) groups is 4. The minimum atomic E-state index is -2.54. The lowest BCUT2D eigenvalue weighted by Crippen LogP contribution is -2.64. The largest absolute Gasteiger partial charge is 0.381 e. The van der Waals surface area contributed by atoms with Crippen LogP contribution >= 0.6 is 0 Å². The van der Waals surface area contributed by atoms with E-state index in [4.69, 9.17) is 4.74 Å². The maximum atomic E-state index is 15.7. The number of amides is 4. The number of nitrogens with one attached hydrogen (secondary N) is 2. The zero-order valence-corrected chi connectivity index (χ0v) is 19.8. The van der Waals surface area contributed by atoms with Gasteiger partial charge in [-0.05, 0) is 51.3 Å². The molecule has 2 fully saturated rings. The third kappa shape index (κ3) is 5.56. The fourth-order valence-corrected chi connectivity index (χ4v) is 4.58. The van der Waals surface area contributed by atoms with Crippen molar-refractivity contribution in [2.45, 2.75) is 56.6 Å². The Kier molecular flexibility index (Phi) is 7.94. The fourth-order valence-electron chi connectivity index (χ4n) is 3.74. The summed E-state index contributed by atoms with van der Waals surface area (Å²) in [5.74, 6) is -6.60. The molecule has 186 valence electrons. The Morgan fingerprint density at radius 3 is 2.47 bits per heavy atom. The van der Waals surface area contributed by atoms with Gasteiger partial charge in [-0.2, -0.15) is 0 Å². The summed E-state index contributed by atoms with van der Waals surface area (Å²) in [5, 5.41) is 1.95. The SMILES string of the molecule is CC(C)(C)[S@@](=O)N[C@@H](c1cccc(F)c1)[C@@H](F)C(=O)C1C(=O)NC(=O)N(C2CCOCC2)C1=O. The number of halogens is 2. The molecule has 9 nitrogen and oxygen atoms in total. The summed E-state index contributed by atoms with van der Waals surface area (Å²) in [6.45, 7) is 5.41. The van der Waals surface area contributed by atoms with Crippen LogP contribution in [-0.4, -0.2) is 62.9 Å². The molecule has 3 rings (SSSR count). The second kappa shape index (κ2) is 10.4. The van der Waals surface area contributed by atoms with E-state index in [-0.39, 0.29) is 18.8 Å². The van der Waals surface area contributed by atoms with E-state index in [2.05, 4.69) is 4.72 Å². The molecule has 4 atom stereocenters. The monoisotopic (exact) mass is 499 g/mol. The molecule has 1 unspecified atom stereocenters. The van der Waals surface area contributed by atoms with Gasteiger partial charge >= 0.3 is 6.03 Å². The van der Waals surface area contributed by atoms with Gasteiger partial charge in [0.05, 0.1) is 21.8 Å². The van der Waals surface area contributed by atoms with E-state index in [9.17, 15) is 27.8 Å². The van der Waals surface area contributed by atoms with Crippen LogP contribution < -0.4 is 10.0 Å². The number of ether oxygens (including phenoxy) is 1. The first-order valence-electron chi connectivity index (χ1n) is 10.8. The highest BCUT2D eigenvalue weighted by Crippen LogP contribution is 2.28. The Balaban J connectivity index is 1.91. The average Bonchev–Trinajstić information content (AvgIpc) is 2.76. The number of benzene rings is 1. The van der Waals surface area contributed by atoms with Crippen LogP contribution in [0.15, 0.2) is 24.3 Å². The number of hydrogen-bond donors (Lipinski definition) is 2. The third-order valence-corrected chi connectivity index (χ3v) is 7.18. The number of urea groups is 1. The first kappa shape index (κ1) is 26.0. The molecule has 0 aromatic heterocycles. The molecule has 2 saturated heterocycles. The van der Waals surface area contributed by atoms with Crippen molar-refractivity contribution < 1.29 is 36.9 Å². The quantitative estimate of drug-likeness (QED) is 0.551. The smallest absolute Gasteiger partial charge is 0.331 e. The highest BCUT2D eigenvalue weighted by molar-refractivity contribution is 7.84. The van der Waals surface area contributed by atoms with E-state index in [1.807, 2.05) is 5.32 Å². The first-order valence-corrected chi connectivity index (χ1v) is 11.9. The van der Waals surface area contributed by atoms with Crippen LogP contribution in [0.1, 0.15) is 45.2 Å². The standard InChI is InChI=1S/C22H27F2N3O6S/c1-22(2,3)34(32)26-17(12-5-4-6-13(23)11-12)16(24)18(28)15-19(29)25-21(31)27(20(15)30)14-7-9-33-10-8-14/h4-6,11,14-17,26H,7-10H2,1-3H3,(H,25,29,31)/t15?,16-,17+,34-/m1/s1. The van der Waals surface area contributed by atoms with E-state index in [0.717, 1.165) is 17.0 Å². The summed E-state index contributed by atoms with van der Waals surface area (Å²) in [6.07, 6.45) is -1.92. The minimum absolute atomic E-state index is 0.0283. The van der Waals surface area contributed by atoms with Gasteiger partial charge in [0.25, 0.3) is 5.91 Å². The Bertz CT molecular complexity index is 1010. The van der Waals surface area contributed by atoms with Crippen LogP contribution in [0.4, 0.5) is 13.6 Å². The summed E-state index contributed by atoms with van der Waals surface area (Å²) >= 11 is 0. The minimum Gasteiger partial charge on any atom is -0.381 e. The van der Waals surface area contributed by atoms with Crippen molar-refractivity contribution in [1.82, 2.24) is 14.9 Å². The number of imide groups is 2. The molecular formula is C22H27F2N3O6S. The van der Waals surface area contributed by atoms with Gasteiger partial charge < -0.3 is 4.74 Å². The maximum Gasteiger partial charge on any atom is 0.331 e. The number of carbonyl (C=O) groups excluding carboxylic acids is 4. The normalized spacial score (nSPS) is 22.8. The molecule has 2 N–H and O–H groups in total. The topological polar surface area (TPSA) is 122 Å². The highest BCUT2D eigenvalue weighted by Gasteiger charge is 2.50. The predicted molar refractivity (Wildman–Crippen MR) is 118 cm³/mol. The van der Waals surface area contributed by atoms with Crippen molar-refractivity contribution in [1.29, 1.82) is 0 Å². The average molecular weight is 500 g/mol. The molecular weight excluding hydrogens is 472 g/mol. The molecule has 0 radical (unpaired) electrons. The fraction of sp³-hybridized carbons (Fsp3) is 0.545. The van der Waals surface area contributed by atoms with Crippen LogP contribution in [0.25, 0.3) is 0 Å². The van der Waals surface area contributed by atoms with Crippen molar-refractivity contribution in [3.05, 3.63) is 35.6 Å². The number of Topliss-reactive ketones (excluding diaryl/α,β-unsaturated/α-hetero) is 1. The van der Waals surface area contributed by atoms with Gasteiger partial charge in [0, 0.05) is 19.3 Å². The van der Waals surface area contributed by atoms with Gasteiger partial charge in [0.1, 0.15) is 5.82 Å². The first-order chi connectivity index (χ1) is 15.9. The molecule has 1 aromatic carbocycles. The lowest BCUT2D eigenvalue weighted by atomic mass is 9.89. The zero-order chi connectivity index (χ0) is 25.2. The molecule has 0 spiro atoms. The number of barbiturate groups is 1. The van der Waals surface area contributed by atoms with Crippen LogP contribution in [0, 0.1) is 11.7 Å². The van der Waals surface area contributed by atoms with Crippen LogP contribution in [0.3, 0.4) is 0 Å². The lowest BCUT2D eigenvalue weighted by molar-refractivity contribution is -0.151. The molecule has 0 saturated carbocycles. The second-order valence-corrected chi connectivity index (χ2v) is 11.1. The van der Waals surface area contributed by atoms with E-state index >= 15 is 4.39 Å². The van der Waals surface area contributed by atoms with E-state index in [1.165, 1.54) is 12.1 Å². The van der Waals surface area contributed by atoms with Crippen LogP contribution in [0.5, 0.6) is 0 Å². The van der Waals surface area contributed by atoms with E-state index in [1.54, 1.807) is 20.8 Å². The summed E-state index contributed by atoms with van der Waals surface area (Å²) in [7, 11) is -1.88. The third-order valence-electron chi connectivity index (χ3n) is 5.60. The summed E-state index contributed by atoms with van der Waals surface area (Å²) in [6, 6.07) is 1.52. The van der Waals surface area contributed by atoms with Crippen molar-refractivity contribution in [2.24, 2.45) is 5.92 Å². The molecule has 2 aliphatic rings. The van der Waals surface area contributed by atoms with Gasteiger partial charge in [0.15, 0.2) is 17.9 Å². The number of nitrogens with zero attached hydrogens (tertiary/aromatic N) is 1. The van der Waals surface area contributed by atoms with Crippen LogP contribution in [0.2, 0.25) is 0 Å². The van der Waals surface area contributed by atoms with Gasteiger partial charge in [-0.3, -0.25) is 24.6 Å². The zero-order valence-electron chi connectivity index (χ0n) is 19.0. The van der Waals surface area contributed by atoms with E-state index < -0.39 is 69.4 Å². The van der Waals surface area contributed by atoms with Crippen molar-refractivity contribution in [3.63, 3.8) is 0 Å². The van der Waals surface area contributed by atoms with Gasteiger partial charge in [-0.25, -0.2) is 22.5 Å². The van der Waals surface area contributed by atoms with E-state index in [0.29, 0.717) is 12.8 Å². The summed E-state index contributed by atoms with van der Waals surface area (Å²) < 4.78 is 49.1. The Labute approximate surface area is 198 Å². The molecule has 4 amide bonds. The molecule has 2 aliphatic heterocycles. The van der Waals surface area contributed by atoms with Crippen molar-refractivity contribution >= 4 is 34.6 Å². The Hall–Kier alpha value is -2.57. The van der Waals surface area contributed by atoms with Gasteiger partial charge in [-0.1, -0.05) is 12.1 Å². The molecule has 0 aliphatic carbocycles. The Morgan fingerprint density at radius 1 is 1.24 bits per heavy atom. The molecule has 12 heteroatoms. The van der Waals surface area contributed by atoms with Gasteiger partial charge in [-0.15, -0.1) is 0 Å². The molecule has 1 aromatic rings. The highest BCUT2D eigenvalue weighted by atomic mass is 32.2. The molecule has 34 heavy (non-hydrogen) atoms.